The third-order valence-corrected chi connectivity index (χ3v) is 3.62. The van der Waals surface area contributed by atoms with E-state index in [0.29, 0.717) is 5.92 Å². The molecule has 0 unspecified atom stereocenters. The standard InChI is InChI=1S/C15H16BrN3/c1-10-3-2-4-11(7-10)9-17-14-8-13(16)18-15(19-14)12-5-6-12/h2-4,7-8,12H,5-6,9H2,1H3,(H,17,18,19). The van der Waals surface area contributed by atoms with Gasteiger partial charge in [0.15, 0.2) is 0 Å². The van der Waals surface area contributed by atoms with Crippen molar-refractivity contribution in [3.63, 3.8) is 0 Å². The summed E-state index contributed by atoms with van der Waals surface area (Å²) in [6.07, 6.45) is 2.43. The molecule has 98 valence electrons. The summed E-state index contributed by atoms with van der Waals surface area (Å²) >= 11 is 3.46. The van der Waals surface area contributed by atoms with Crippen molar-refractivity contribution < 1.29 is 0 Å². The van der Waals surface area contributed by atoms with Gasteiger partial charge in [-0.2, -0.15) is 0 Å². The zero-order valence-corrected chi connectivity index (χ0v) is 12.4. The molecule has 0 atom stereocenters. The van der Waals surface area contributed by atoms with Crippen LogP contribution in [0, 0.1) is 6.92 Å². The van der Waals surface area contributed by atoms with Crippen LogP contribution in [-0.2, 0) is 6.54 Å². The Balaban J connectivity index is 1.72. The molecule has 1 aliphatic carbocycles. The van der Waals surface area contributed by atoms with Crippen LogP contribution in [0.4, 0.5) is 5.82 Å². The Morgan fingerprint density at radius 3 is 2.84 bits per heavy atom. The molecule has 19 heavy (non-hydrogen) atoms. The molecule has 1 saturated carbocycles. The number of hydrogen-bond acceptors (Lipinski definition) is 3. The van der Waals surface area contributed by atoms with Crippen LogP contribution < -0.4 is 5.32 Å². The van der Waals surface area contributed by atoms with Crippen molar-refractivity contribution in [2.75, 3.05) is 5.32 Å². The van der Waals surface area contributed by atoms with Gasteiger partial charge in [0, 0.05) is 18.5 Å². The molecule has 0 aliphatic heterocycles. The van der Waals surface area contributed by atoms with E-state index in [2.05, 4.69) is 62.4 Å². The molecule has 0 saturated heterocycles. The van der Waals surface area contributed by atoms with Crippen LogP contribution >= 0.6 is 15.9 Å². The van der Waals surface area contributed by atoms with Crippen LogP contribution in [0.25, 0.3) is 0 Å². The lowest BCUT2D eigenvalue weighted by Crippen LogP contribution is -2.04. The van der Waals surface area contributed by atoms with E-state index in [1.165, 1.54) is 24.0 Å². The van der Waals surface area contributed by atoms with Crippen LogP contribution in [0.1, 0.15) is 35.7 Å². The van der Waals surface area contributed by atoms with Crippen molar-refractivity contribution in [2.45, 2.75) is 32.2 Å². The Morgan fingerprint density at radius 2 is 2.11 bits per heavy atom. The molecular weight excluding hydrogens is 302 g/mol. The summed E-state index contributed by atoms with van der Waals surface area (Å²) in [5, 5.41) is 3.37. The molecule has 1 fully saturated rings. The highest BCUT2D eigenvalue weighted by molar-refractivity contribution is 9.10. The van der Waals surface area contributed by atoms with E-state index in [4.69, 9.17) is 0 Å². The van der Waals surface area contributed by atoms with Crippen LogP contribution in [0.3, 0.4) is 0 Å². The predicted molar refractivity (Wildman–Crippen MR) is 80.2 cm³/mol. The first-order chi connectivity index (χ1) is 9.20. The van der Waals surface area contributed by atoms with E-state index < -0.39 is 0 Å². The summed E-state index contributed by atoms with van der Waals surface area (Å²) < 4.78 is 0.858. The first-order valence-electron chi connectivity index (χ1n) is 6.54. The van der Waals surface area contributed by atoms with Crippen LogP contribution in [0.15, 0.2) is 34.9 Å². The van der Waals surface area contributed by atoms with Crippen LogP contribution in [0.5, 0.6) is 0 Å². The number of hydrogen-bond donors (Lipinski definition) is 1. The number of aryl methyl sites for hydroxylation is 1. The van der Waals surface area contributed by atoms with Gasteiger partial charge in [-0.25, -0.2) is 9.97 Å². The first-order valence-corrected chi connectivity index (χ1v) is 7.34. The summed E-state index contributed by atoms with van der Waals surface area (Å²) in [5.41, 5.74) is 2.55. The van der Waals surface area contributed by atoms with E-state index in [1.807, 2.05) is 6.07 Å². The molecule has 0 bridgehead atoms. The molecule has 1 aromatic heterocycles. The Hall–Kier alpha value is -1.42. The second kappa shape index (κ2) is 5.29. The summed E-state index contributed by atoms with van der Waals surface area (Å²) in [7, 11) is 0. The number of nitrogens with one attached hydrogen (secondary N) is 1. The van der Waals surface area contributed by atoms with E-state index in [-0.39, 0.29) is 0 Å². The average Bonchev–Trinajstić information content (AvgIpc) is 3.20. The van der Waals surface area contributed by atoms with Crippen molar-refractivity contribution in [1.29, 1.82) is 0 Å². The zero-order valence-electron chi connectivity index (χ0n) is 10.9. The van der Waals surface area contributed by atoms with Crippen molar-refractivity contribution in [3.05, 3.63) is 51.9 Å². The van der Waals surface area contributed by atoms with Gasteiger partial charge in [-0.05, 0) is 41.3 Å². The predicted octanol–water partition coefficient (Wildman–Crippen LogP) is 4.04. The maximum Gasteiger partial charge on any atom is 0.135 e. The molecule has 4 heteroatoms. The summed E-state index contributed by atoms with van der Waals surface area (Å²) in [5.74, 6) is 2.42. The fourth-order valence-electron chi connectivity index (χ4n) is 2.06. The van der Waals surface area contributed by atoms with E-state index in [1.54, 1.807) is 0 Å². The molecule has 0 radical (unpaired) electrons. The maximum atomic E-state index is 4.58. The topological polar surface area (TPSA) is 37.8 Å². The highest BCUT2D eigenvalue weighted by Crippen LogP contribution is 2.38. The maximum absolute atomic E-state index is 4.58. The summed E-state index contributed by atoms with van der Waals surface area (Å²) in [6.45, 7) is 2.89. The lowest BCUT2D eigenvalue weighted by atomic mass is 10.1. The lowest BCUT2D eigenvalue weighted by molar-refractivity contribution is 0.910. The average molecular weight is 318 g/mol. The SMILES string of the molecule is Cc1cccc(CNc2cc(Br)nc(C3CC3)n2)c1. The van der Waals surface area contributed by atoms with Crippen LogP contribution in [0.2, 0.25) is 0 Å². The number of nitrogens with zero attached hydrogens (tertiary/aromatic N) is 2. The third kappa shape index (κ3) is 3.32. The second-order valence-corrected chi connectivity index (χ2v) is 5.86. The fourth-order valence-corrected chi connectivity index (χ4v) is 2.46. The van der Waals surface area contributed by atoms with Gasteiger partial charge in [-0.1, -0.05) is 29.8 Å². The van der Waals surface area contributed by atoms with Gasteiger partial charge < -0.3 is 5.32 Å². The molecule has 1 N–H and O–H groups in total. The van der Waals surface area contributed by atoms with Gasteiger partial charge >= 0.3 is 0 Å². The molecule has 0 spiro atoms. The van der Waals surface area contributed by atoms with Gasteiger partial charge in [-0.3, -0.25) is 0 Å². The number of anilines is 1. The van der Waals surface area contributed by atoms with Crippen molar-refractivity contribution >= 4 is 21.7 Å². The molecule has 3 nitrogen and oxygen atoms in total. The highest BCUT2D eigenvalue weighted by Gasteiger charge is 2.27. The van der Waals surface area contributed by atoms with Gasteiger partial charge in [-0.15, -0.1) is 0 Å². The largest absolute Gasteiger partial charge is 0.366 e. The van der Waals surface area contributed by atoms with Crippen molar-refractivity contribution in [1.82, 2.24) is 9.97 Å². The Bertz CT molecular complexity index is 594. The van der Waals surface area contributed by atoms with Gasteiger partial charge in [0.05, 0.1) is 0 Å². The summed E-state index contributed by atoms with van der Waals surface area (Å²) in [6, 6.07) is 10.4. The molecular formula is C15H16BrN3. The molecule has 0 amide bonds. The first kappa shape index (κ1) is 12.6. The minimum Gasteiger partial charge on any atom is -0.366 e. The molecule has 1 heterocycles. The minimum absolute atomic E-state index is 0.567. The number of aromatic nitrogens is 2. The highest BCUT2D eigenvalue weighted by atomic mass is 79.9. The van der Waals surface area contributed by atoms with Crippen LogP contribution in [-0.4, -0.2) is 9.97 Å². The van der Waals surface area contributed by atoms with Crippen molar-refractivity contribution in [3.8, 4) is 0 Å². The zero-order chi connectivity index (χ0) is 13.2. The minimum atomic E-state index is 0.567. The smallest absolute Gasteiger partial charge is 0.135 e. The van der Waals surface area contributed by atoms with Gasteiger partial charge in [0.25, 0.3) is 0 Å². The van der Waals surface area contributed by atoms with Gasteiger partial charge in [0.2, 0.25) is 0 Å². The molecule has 1 aliphatic rings. The quantitative estimate of drug-likeness (QED) is 0.865. The second-order valence-electron chi connectivity index (χ2n) is 5.05. The molecule has 3 rings (SSSR count). The lowest BCUT2D eigenvalue weighted by Gasteiger charge is -2.08. The fraction of sp³-hybridized carbons (Fsp3) is 0.333. The Morgan fingerprint density at radius 1 is 1.26 bits per heavy atom. The Labute approximate surface area is 121 Å². The third-order valence-electron chi connectivity index (χ3n) is 3.21. The molecule has 1 aromatic carbocycles. The summed E-state index contributed by atoms with van der Waals surface area (Å²) in [4.78, 5) is 9.01. The number of halogens is 1. The van der Waals surface area contributed by atoms with E-state index >= 15 is 0 Å². The normalized spacial score (nSPS) is 14.4. The number of benzene rings is 1. The van der Waals surface area contributed by atoms with Crippen molar-refractivity contribution in [2.24, 2.45) is 0 Å². The number of rotatable bonds is 4. The van der Waals surface area contributed by atoms with Gasteiger partial charge in [0.1, 0.15) is 16.2 Å². The van der Waals surface area contributed by atoms with E-state index in [0.717, 1.165) is 22.8 Å². The monoisotopic (exact) mass is 317 g/mol. The van der Waals surface area contributed by atoms with E-state index in [9.17, 15) is 0 Å². The Kier molecular flexibility index (Phi) is 3.51. The molecule has 2 aromatic rings.